The molecule has 3 aromatic heterocycles. The highest BCUT2D eigenvalue weighted by atomic mass is 16.5. The van der Waals surface area contributed by atoms with Crippen LogP contribution in [0.4, 0.5) is 5.82 Å². The first-order chi connectivity index (χ1) is 12.8. The van der Waals surface area contributed by atoms with Crippen molar-refractivity contribution in [1.82, 2.24) is 25.3 Å². The molecule has 0 aliphatic rings. The molecule has 0 saturated carbocycles. The van der Waals surface area contributed by atoms with Crippen LogP contribution in [0.2, 0.25) is 0 Å². The van der Waals surface area contributed by atoms with Crippen molar-refractivity contribution in [2.45, 2.75) is 6.54 Å². The highest BCUT2D eigenvalue weighted by Crippen LogP contribution is 2.19. The van der Waals surface area contributed by atoms with Crippen LogP contribution >= 0.6 is 0 Å². The van der Waals surface area contributed by atoms with Crippen molar-refractivity contribution in [1.29, 1.82) is 0 Å². The Kier molecular flexibility index (Phi) is 4.34. The molecular formula is C19H16N6O. The van der Waals surface area contributed by atoms with Crippen LogP contribution in [0, 0.1) is 0 Å². The van der Waals surface area contributed by atoms with E-state index in [2.05, 4.69) is 25.3 Å². The number of benzene rings is 1. The summed E-state index contributed by atoms with van der Waals surface area (Å²) in [5, 5.41) is 12.6. The monoisotopic (exact) mass is 344 g/mol. The molecule has 0 unspecified atom stereocenters. The Morgan fingerprint density at radius 1 is 0.885 bits per heavy atom. The zero-order valence-corrected chi connectivity index (χ0v) is 14.1. The molecule has 0 saturated heterocycles. The number of hydrogen-bond donors (Lipinski definition) is 0. The fourth-order valence-electron chi connectivity index (χ4n) is 2.49. The van der Waals surface area contributed by atoms with Crippen molar-refractivity contribution in [3.05, 3.63) is 72.8 Å². The van der Waals surface area contributed by atoms with Crippen molar-refractivity contribution in [2.24, 2.45) is 0 Å². The second kappa shape index (κ2) is 7.10. The van der Waals surface area contributed by atoms with Gasteiger partial charge in [0.1, 0.15) is 5.69 Å². The zero-order valence-electron chi connectivity index (χ0n) is 14.1. The fraction of sp³-hybridized carbons (Fsp3) is 0.105. The summed E-state index contributed by atoms with van der Waals surface area (Å²) in [7, 11) is 1.90. The second-order valence-corrected chi connectivity index (χ2v) is 5.73. The smallest absolute Gasteiger partial charge is 0.246 e. The maximum absolute atomic E-state index is 5.31. The molecule has 0 bridgehead atoms. The number of anilines is 1. The topological polar surface area (TPSA) is 80.8 Å². The minimum atomic E-state index is 0.430. The highest BCUT2D eigenvalue weighted by molar-refractivity contribution is 5.59. The average molecular weight is 344 g/mol. The molecule has 7 heteroatoms. The van der Waals surface area contributed by atoms with Gasteiger partial charge in [0, 0.05) is 18.8 Å². The van der Waals surface area contributed by atoms with E-state index in [1.165, 1.54) is 0 Å². The summed E-state index contributed by atoms with van der Waals surface area (Å²) in [4.78, 5) is 10.5. The molecule has 0 fully saturated rings. The van der Waals surface area contributed by atoms with Crippen LogP contribution in [-0.4, -0.2) is 32.4 Å². The quantitative estimate of drug-likeness (QED) is 0.550. The van der Waals surface area contributed by atoms with E-state index < -0.39 is 0 Å². The van der Waals surface area contributed by atoms with Crippen LogP contribution in [0.1, 0.15) is 5.89 Å². The number of nitrogens with zero attached hydrogens (tertiary/aromatic N) is 6. The number of rotatable bonds is 5. The third kappa shape index (κ3) is 3.41. The summed E-state index contributed by atoms with van der Waals surface area (Å²) in [6, 6.07) is 19.4. The maximum atomic E-state index is 5.31. The lowest BCUT2D eigenvalue weighted by Crippen LogP contribution is -2.18. The maximum Gasteiger partial charge on any atom is 0.246 e. The lowest BCUT2D eigenvalue weighted by atomic mass is 10.1. The van der Waals surface area contributed by atoms with Gasteiger partial charge >= 0.3 is 0 Å². The van der Waals surface area contributed by atoms with Crippen LogP contribution in [0.5, 0.6) is 0 Å². The first kappa shape index (κ1) is 15.9. The largest absolute Gasteiger partial charge is 0.349 e. The summed E-state index contributed by atoms with van der Waals surface area (Å²) >= 11 is 0. The van der Waals surface area contributed by atoms with Gasteiger partial charge in [-0.15, -0.1) is 10.2 Å². The molecule has 0 aliphatic carbocycles. The molecule has 4 rings (SSSR count). The Balaban J connectivity index is 1.47. The van der Waals surface area contributed by atoms with E-state index in [0.717, 1.165) is 17.1 Å². The van der Waals surface area contributed by atoms with Crippen LogP contribution in [-0.2, 0) is 6.54 Å². The standard InChI is InChI=1S/C19H16N6O/c1-25(13-18-21-19(24-26-18)16-9-5-6-12-20-16)17-11-10-15(22-23-17)14-7-3-2-4-8-14/h2-12H,13H2,1H3. The van der Waals surface area contributed by atoms with Gasteiger partial charge in [0.2, 0.25) is 11.7 Å². The predicted octanol–water partition coefficient (Wildman–Crippen LogP) is 3.23. The van der Waals surface area contributed by atoms with Crippen LogP contribution in [0.15, 0.2) is 71.4 Å². The molecule has 1 aromatic carbocycles. The normalized spacial score (nSPS) is 10.7. The summed E-state index contributed by atoms with van der Waals surface area (Å²) in [6.07, 6.45) is 1.70. The van der Waals surface area contributed by atoms with Gasteiger partial charge in [-0.05, 0) is 24.3 Å². The van der Waals surface area contributed by atoms with Gasteiger partial charge in [0.05, 0.1) is 12.2 Å². The van der Waals surface area contributed by atoms with Gasteiger partial charge < -0.3 is 9.42 Å². The summed E-state index contributed by atoms with van der Waals surface area (Å²) in [5.41, 5.74) is 2.54. The third-order valence-corrected chi connectivity index (χ3v) is 3.85. The molecule has 0 spiro atoms. The van der Waals surface area contributed by atoms with Crippen LogP contribution in [0.3, 0.4) is 0 Å². The molecule has 4 aromatic rings. The fourth-order valence-corrected chi connectivity index (χ4v) is 2.49. The Hall–Kier alpha value is -3.61. The number of aromatic nitrogens is 5. The summed E-state index contributed by atoms with van der Waals surface area (Å²) in [6.45, 7) is 0.430. The van der Waals surface area contributed by atoms with Gasteiger partial charge in [-0.25, -0.2) is 0 Å². The van der Waals surface area contributed by atoms with E-state index in [1.54, 1.807) is 6.20 Å². The minimum Gasteiger partial charge on any atom is -0.349 e. The number of hydrogen-bond acceptors (Lipinski definition) is 7. The molecule has 0 aliphatic heterocycles. The lowest BCUT2D eigenvalue weighted by Gasteiger charge is -2.14. The molecule has 0 atom stereocenters. The van der Waals surface area contributed by atoms with Gasteiger partial charge in [-0.2, -0.15) is 4.98 Å². The zero-order chi connectivity index (χ0) is 17.8. The lowest BCUT2D eigenvalue weighted by molar-refractivity contribution is 0.378. The van der Waals surface area contributed by atoms with Crippen molar-refractivity contribution in [3.8, 4) is 22.8 Å². The van der Waals surface area contributed by atoms with E-state index in [9.17, 15) is 0 Å². The molecule has 3 heterocycles. The first-order valence-electron chi connectivity index (χ1n) is 8.14. The molecule has 0 amide bonds. The summed E-state index contributed by atoms with van der Waals surface area (Å²) < 4.78 is 5.31. The minimum absolute atomic E-state index is 0.430. The van der Waals surface area contributed by atoms with Crippen LogP contribution < -0.4 is 4.90 Å². The van der Waals surface area contributed by atoms with Gasteiger partial charge in [-0.1, -0.05) is 41.6 Å². The third-order valence-electron chi connectivity index (χ3n) is 3.85. The van der Waals surface area contributed by atoms with Crippen molar-refractivity contribution < 1.29 is 4.52 Å². The second-order valence-electron chi connectivity index (χ2n) is 5.73. The van der Waals surface area contributed by atoms with Crippen LogP contribution in [0.25, 0.3) is 22.8 Å². The van der Waals surface area contributed by atoms with E-state index in [1.807, 2.05) is 72.6 Å². The molecule has 7 nitrogen and oxygen atoms in total. The Morgan fingerprint density at radius 2 is 1.73 bits per heavy atom. The predicted molar refractivity (Wildman–Crippen MR) is 97.1 cm³/mol. The van der Waals surface area contributed by atoms with E-state index in [-0.39, 0.29) is 0 Å². The van der Waals surface area contributed by atoms with Crippen molar-refractivity contribution in [2.75, 3.05) is 11.9 Å². The van der Waals surface area contributed by atoms with Gasteiger partial charge in [0.15, 0.2) is 5.82 Å². The molecule has 0 radical (unpaired) electrons. The van der Waals surface area contributed by atoms with Gasteiger partial charge in [0.25, 0.3) is 0 Å². The first-order valence-corrected chi connectivity index (χ1v) is 8.14. The number of pyridine rings is 1. The Labute approximate surface area is 150 Å². The average Bonchev–Trinajstić information content (AvgIpc) is 3.18. The molecular weight excluding hydrogens is 328 g/mol. The van der Waals surface area contributed by atoms with Crippen molar-refractivity contribution >= 4 is 5.82 Å². The van der Waals surface area contributed by atoms with E-state index in [0.29, 0.717) is 24.0 Å². The Morgan fingerprint density at radius 3 is 2.46 bits per heavy atom. The highest BCUT2D eigenvalue weighted by Gasteiger charge is 2.13. The van der Waals surface area contributed by atoms with Crippen molar-refractivity contribution in [3.63, 3.8) is 0 Å². The Bertz CT molecular complexity index is 970. The molecule has 0 N–H and O–H groups in total. The van der Waals surface area contributed by atoms with E-state index in [4.69, 9.17) is 4.52 Å². The molecule has 26 heavy (non-hydrogen) atoms. The van der Waals surface area contributed by atoms with E-state index >= 15 is 0 Å². The SMILES string of the molecule is CN(Cc1nc(-c2ccccn2)no1)c1ccc(-c2ccccc2)nn1. The van der Waals surface area contributed by atoms with Gasteiger partial charge in [-0.3, -0.25) is 4.98 Å². The molecule has 128 valence electrons. The summed E-state index contributed by atoms with van der Waals surface area (Å²) in [5.74, 6) is 1.68.